The third-order valence-corrected chi connectivity index (χ3v) is 24.1. The summed E-state index contributed by atoms with van der Waals surface area (Å²) in [6.45, 7) is -1.57. The molecule has 140 heavy (non-hydrogen) atoms. The first-order chi connectivity index (χ1) is 68.7. The van der Waals surface area contributed by atoms with Gasteiger partial charge in [-0.3, -0.25) is 4.79 Å². The topological polar surface area (TPSA) is 397 Å². The van der Waals surface area contributed by atoms with E-state index in [1.54, 1.807) is 158 Å². The van der Waals surface area contributed by atoms with Crippen LogP contribution in [0.25, 0.3) is 42.4 Å². The highest BCUT2D eigenvalue weighted by atomic mass is 35.5. The number of carbonyl (C=O) groups excluding carboxylic acids is 6. The Hall–Kier alpha value is -13.1. The number of halogens is 1. The predicted molar refractivity (Wildman–Crippen MR) is 507 cm³/mol. The van der Waals surface area contributed by atoms with Crippen LogP contribution in [0, 0.1) is 0 Å². The smallest absolute Gasteiger partial charge is 0.407 e. The van der Waals surface area contributed by atoms with Gasteiger partial charge in [-0.2, -0.15) is 0 Å². The summed E-state index contributed by atoms with van der Waals surface area (Å²) < 4.78 is 134. The van der Waals surface area contributed by atoms with Gasteiger partial charge >= 0.3 is 35.9 Å². The number of hydrogen-bond acceptors (Lipinski definition) is 28. The van der Waals surface area contributed by atoms with Crippen molar-refractivity contribution >= 4 is 69.1 Å². The molecule has 11 aromatic rings. The first-order valence-corrected chi connectivity index (χ1v) is 46.6. The Morgan fingerprint density at radius 3 is 1.15 bits per heavy atom. The Bertz CT molecular complexity index is 5900. The van der Waals surface area contributed by atoms with Crippen molar-refractivity contribution in [3.63, 3.8) is 0 Å². The molecule has 11 aromatic carbocycles. The number of nitrogens with one attached hydrogen (secondary N) is 1. The Morgan fingerprint density at radius 2 is 0.721 bits per heavy atom. The van der Waals surface area contributed by atoms with Crippen LogP contribution in [0.2, 0.25) is 0 Å². The number of benzene rings is 11. The number of hydrogen-bond donors (Lipinski definition) is 1. The maximum absolute atomic E-state index is 15.6. The SMILES string of the molecule is COC(=O)[C@H]1O[C@@H](OCCCCCCNC(=O)OCc2ccccc2)[C@H](OC(=O)c2ccccc2)[C@@H](OCc2ccccc2)[C@@H]1O[C@H]1O[C@H](COCc2ccc3ccccc3c2)[C@@H](O[C@@H]2O[C@H](C(=O)OC)[C@@H](O[C@H]3O[C@H](COCc4ccc5ccccc5c4)[C@@H](OC(=O)CCl)[C@H](OCc4ccccc4)[C@H]3N=[N+]=[N-])[C@H](OCc3ccccc3)[C@H]2OC(=O)c2ccccc2)[C@H](OCc2ccccc2)[C@H]1N=[N+]=[N-]. The first kappa shape index (κ1) is 101. The average Bonchev–Trinajstić information content (AvgIpc) is 0.757. The maximum atomic E-state index is 15.6. The monoisotopic (exact) mass is 1930 g/mol. The zero-order valence-electron chi connectivity index (χ0n) is 76.8. The van der Waals surface area contributed by atoms with Gasteiger partial charge in [-0.05, 0) is 121 Å². The minimum absolute atomic E-state index is 0.00395. The van der Waals surface area contributed by atoms with Crippen molar-refractivity contribution in [2.75, 3.05) is 46.5 Å². The van der Waals surface area contributed by atoms with Gasteiger partial charge in [0.05, 0.1) is 78.2 Å². The number of alkyl halides is 1. The van der Waals surface area contributed by atoms with Crippen molar-refractivity contribution in [3.05, 3.63) is 368 Å². The average molecular weight is 1930 g/mol. The van der Waals surface area contributed by atoms with Gasteiger partial charge in [-0.15, -0.1) is 11.6 Å². The summed E-state index contributed by atoms with van der Waals surface area (Å²) in [6, 6.07) is 84.6. The summed E-state index contributed by atoms with van der Waals surface area (Å²) in [6.07, 6.45) is -29.9. The minimum atomic E-state index is -2.10. The molecule has 4 fully saturated rings. The van der Waals surface area contributed by atoms with E-state index < -0.39 is 171 Å². The molecule has 0 unspecified atom stereocenters. The normalized spacial score (nSPS) is 24.3. The fraction of sp³-hybridized carbons (Fsp3) is 0.358. The van der Waals surface area contributed by atoms with Crippen LogP contribution < -0.4 is 5.32 Å². The molecule has 1 amide bonds. The number of amides is 1. The molecule has 34 heteroatoms. The Balaban J connectivity index is 0.821. The summed E-state index contributed by atoms with van der Waals surface area (Å²) in [5.41, 5.74) is 26.9. The number of carbonyl (C=O) groups is 6. The molecule has 33 nitrogen and oxygen atoms in total. The second-order valence-corrected chi connectivity index (χ2v) is 33.7. The van der Waals surface area contributed by atoms with Crippen LogP contribution in [0.4, 0.5) is 4.79 Å². The van der Waals surface area contributed by atoms with E-state index in [-0.39, 0.29) is 70.6 Å². The highest BCUT2D eigenvalue weighted by molar-refractivity contribution is 6.26. The zero-order valence-corrected chi connectivity index (χ0v) is 77.6. The number of rotatable bonds is 46. The van der Waals surface area contributed by atoms with Gasteiger partial charge in [-0.25, -0.2) is 24.0 Å². The molecule has 0 aliphatic carbocycles. The molecular formula is C106H108ClN7O26. The van der Waals surface area contributed by atoms with Crippen molar-refractivity contribution in [1.82, 2.24) is 5.32 Å². The number of alkyl carbamates (subject to hydrolysis) is 1. The summed E-state index contributed by atoms with van der Waals surface area (Å²) >= 11 is 6.25. The molecule has 0 spiro atoms. The van der Waals surface area contributed by atoms with E-state index in [0.717, 1.165) is 46.9 Å². The van der Waals surface area contributed by atoms with E-state index in [1.165, 1.54) is 12.1 Å². The zero-order chi connectivity index (χ0) is 97.2. The Morgan fingerprint density at radius 1 is 0.350 bits per heavy atom. The standard InChI is InChI=1S/C106H108ClN7O26/c1-121-100(118)94-92(90(128-63-70-36-16-7-17-37-70)96(134-98(116)77-44-22-10-23-45-77)104(139-94)125-55-31-4-3-30-54-110-106(120)130-65-72-40-20-9-21-41-72)137-103-85(112-114-109)89(127-62-69-34-14-6-15-35-69)87(82(132-103)67-124-60-74-51-53-76-43-27-29-49-80(76)57-74)136-105-97(135-99(117)78-46-24-11-25-47-78)91(129-64-71-38-18-8-19-39-71)93(95(140-105)101(119)122-2)138-102-84(111-113-108)88(126-61-68-32-12-5-13-33-68)86(133-83(115)58-107)81(131-102)66-123-59-73-50-52-75-42-26-28-48-79(75)56-73/h5-29,32-53,56-57,81-82,84-97,102-105H,3-4,30-31,54-55,58-67H2,1-2H3,(H,110,120)/t81-,82-,84-,85-,86-,87-,88-,89-,90+,91+,92+,93+,94+,95+,96-,97-,102-,103-,104-,105-/m1/s1. The summed E-state index contributed by atoms with van der Waals surface area (Å²) in [5, 5.41) is 15.3. The number of fused-ring (bicyclic) bond motifs is 2. The van der Waals surface area contributed by atoms with Crippen molar-refractivity contribution in [3.8, 4) is 0 Å². The van der Waals surface area contributed by atoms with E-state index in [9.17, 15) is 25.4 Å². The van der Waals surface area contributed by atoms with Crippen molar-refractivity contribution in [1.29, 1.82) is 0 Å². The van der Waals surface area contributed by atoms with E-state index >= 15 is 14.4 Å². The number of methoxy groups -OCH3 is 2. The molecule has 0 radical (unpaired) electrons. The fourth-order valence-electron chi connectivity index (χ4n) is 17.0. The fourth-order valence-corrected chi connectivity index (χ4v) is 17.0. The number of azide groups is 2. The molecule has 20 atom stereocenters. The third-order valence-electron chi connectivity index (χ3n) is 23.9. The lowest BCUT2D eigenvalue weighted by Gasteiger charge is -2.51. The Labute approximate surface area is 813 Å². The molecule has 0 bridgehead atoms. The van der Waals surface area contributed by atoms with Gasteiger partial charge in [-0.1, -0.05) is 284 Å². The lowest BCUT2D eigenvalue weighted by Crippen LogP contribution is -2.69. The van der Waals surface area contributed by atoms with Crippen molar-refractivity contribution in [2.45, 2.75) is 195 Å². The van der Waals surface area contributed by atoms with E-state index in [2.05, 4.69) is 25.4 Å². The minimum Gasteiger partial charge on any atom is -0.467 e. The number of esters is 5. The number of nitrogens with zero attached hydrogens (tertiary/aromatic N) is 6. The molecule has 4 saturated heterocycles. The highest BCUT2D eigenvalue weighted by Gasteiger charge is 2.61. The van der Waals surface area contributed by atoms with Gasteiger partial charge in [0.2, 0.25) is 0 Å². The lowest BCUT2D eigenvalue weighted by atomic mass is 9.93. The van der Waals surface area contributed by atoms with Crippen molar-refractivity contribution < 1.29 is 124 Å². The van der Waals surface area contributed by atoms with Crippen LogP contribution in [0.1, 0.15) is 85.3 Å². The molecule has 4 heterocycles. The summed E-state index contributed by atoms with van der Waals surface area (Å²) in [4.78, 5) is 94.2. The van der Waals surface area contributed by atoms with E-state index in [4.69, 9.17) is 106 Å². The predicted octanol–water partition coefficient (Wildman–Crippen LogP) is 16.9. The molecule has 1 N–H and O–H groups in total. The second-order valence-electron chi connectivity index (χ2n) is 33.4. The molecule has 0 aromatic heterocycles. The summed E-state index contributed by atoms with van der Waals surface area (Å²) in [7, 11) is 2.22. The maximum Gasteiger partial charge on any atom is 0.407 e. The molecule has 4 aliphatic heterocycles. The van der Waals surface area contributed by atoms with Crippen LogP contribution >= 0.6 is 11.6 Å². The quantitative estimate of drug-likeness (QED) is 0.00704. The van der Waals surface area contributed by atoms with Crippen molar-refractivity contribution in [2.24, 2.45) is 10.2 Å². The van der Waals surface area contributed by atoms with Crippen LogP contribution in [-0.2, 0) is 155 Å². The number of unbranched alkanes of at least 4 members (excludes halogenated alkanes) is 3. The molecular weight excluding hydrogens is 1820 g/mol. The third kappa shape index (κ3) is 27.7. The van der Waals surface area contributed by atoms with Crippen LogP contribution in [0.15, 0.2) is 307 Å². The number of ether oxygens (including phenoxy) is 20. The van der Waals surface area contributed by atoms with Crippen LogP contribution in [-0.4, -0.2) is 205 Å². The largest absolute Gasteiger partial charge is 0.467 e. The second kappa shape index (κ2) is 52.2. The lowest BCUT2D eigenvalue weighted by molar-refractivity contribution is -0.376. The molecule has 0 saturated carbocycles. The molecule has 4 aliphatic rings. The van der Waals surface area contributed by atoms with Gasteiger partial charge < -0.3 is 100 Å². The molecule has 15 rings (SSSR count). The van der Waals surface area contributed by atoms with Gasteiger partial charge in [0.1, 0.15) is 79.5 Å². The van der Waals surface area contributed by atoms with Crippen LogP contribution in [0.5, 0.6) is 0 Å². The van der Waals surface area contributed by atoms with Gasteiger partial charge in [0.25, 0.3) is 0 Å². The summed E-state index contributed by atoms with van der Waals surface area (Å²) in [5.74, 6) is -5.56. The van der Waals surface area contributed by atoms with Gasteiger partial charge in [0, 0.05) is 23.0 Å². The van der Waals surface area contributed by atoms with E-state index in [0.29, 0.717) is 60.0 Å². The van der Waals surface area contributed by atoms with E-state index in [1.807, 2.05) is 127 Å². The van der Waals surface area contributed by atoms with Crippen LogP contribution in [0.3, 0.4) is 0 Å². The highest BCUT2D eigenvalue weighted by Crippen LogP contribution is 2.42. The molecule has 730 valence electrons. The first-order valence-electron chi connectivity index (χ1n) is 46.1. The van der Waals surface area contributed by atoms with Gasteiger partial charge in [0.15, 0.2) is 55.7 Å². The Kier molecular flexibility index (Phi) is 37.8.